The third-order valence-electron chi connectivity index (χ3n) is 4.85. The van der Waals surface area contributed by atoms with Crippen molar-refractivity contribution >= 4 is 23.4 Å². The number of Topliss-reactive ketones (excluding diaryl/α,β-unsaturated/α-hetero) is 1. The van der Waals surface area contributed by atoms with Gasteiger partial charge in [-0.15, -0.1) is 0 Å². The molecular formula is C23H24N2O4. The van der Waals surface area contributed by atoms with Gasteiger partial charge in [0.05, 0.1) is 25.6 Å². The number of hydrogen-bond acceptors (Lipinski definition) is 5. The molecule has 29 heavy (non-hydrogen) atoms. The fourth-order valence-corrected chi connectivity index (χ4v) is 3.43. The molecule has 0 radical (unpaired) electrons. The van der Waals surface area contributed by atoms with Crippen LogP contribution in [0.25, 0.3) is 0 Å². The Bertz CT molecular complexity index is 894. The van der Waals surface area contributed by atoms with Crippen molar-refractivity contribution in [3.63, 3.8) is 0 Å². The van der Waals surface area contributed by atoms with Gasteiger partial charge in [0, 0.05) is 18.6 Å². The molecule has 2 aromatic rings. The first-order chi connectivity index (χ1) is 14.0. The van der Waals surface area contributed by atoms with Crippen molar-refractivity contribution in [3.8, 4) is 0 Å². The minimum atomic E-state index is -0.560. The molecule has 0 aromatic heterocycles. The maximum Gasteiger partial charge on any atom is 0.313 e. The van der Waals surface area contributed by atoms with Crippen LogP contribution < -0.4 is 5.32 Å². The average Bonchev–Trinajstić information content (AvgIpc) is 2.74. The van der Waals surface area contributed by atoms with Gasteiger partial charge in [0.1, 0.15) is 12.2 Å². The summed E-state index contributed by atoms with van der Waals surface area (Å²) >= 11 is 0. The molecule has 0 aliphatic carbocycles. The third-order valence-corrected chi connectivity index (χ3v) is 4.85. The van der Waals surface area contributed by atoms with Crippen molar-refractivity contribution in [2.75, 3.05) is 7.11 Å². The first kappa shape index (κ1) is 20.5. The quantitative estimate of drug-likeness (QED) is 0.578. The molecule has 1 N–H and O–H groups in total. The number of ketones is 1. The van der Waals surface area contributed by atoms with Crippen molar-refractivity contribution in [1.82, 2.24) is 5.32 Å². The van der Waals surface area contributed by atoms with E-state index in [-0.39, 0.29) is 37.0 Å². The number of nitrogens with one attached hydrogen (secondary N) is 1. The Morgan fingerprint density at radius 2 is 1.76 bits per heavy atom. The maximum atomic E-state index is 12.3. The van der Waals surface area contributed by atoms with Gasteiger partial charge in [0.2, 0.25) is 5.91 Å². The predicted octanol–water partition coefficient (Wildman–Crippen LogP) is 3.34. The van der Waals surface area contributed by atoms with Crippen LogP contribution in [0.4, 0.5) is 0 Å². The Kier molecular flexibility index (Phi) is 6.89. The molecule has 0 spiro atoms. The van der Waals surface area contributed by atoms with Gasteiger partial charge in [-0.1, -0.05) is 60.7 Å². The topological polar surface area (TPSA) is 84.8 Å². The van der Waals surface area contributed by atoms with E-state index in [4.69, 9.17) is 4.99 Å². The molecule has 6 nitrogen and oxygen atoms in total. The number of ether oxygens (including phenoxy) is 1. The summed E-state index contributed by atoms with van der Waals surface area (Å²) in [6, 6.07) is 18.6. The lowest BCUT2D eigenvalue weighted by molar-refractivity contribution is -0.143. The second-order valence-corrected chi connectivity index (χ2v) is 7.03. The van der Waals surface area contributed by atoms with Gasteiger partial charge in [0.15, 0.2) is 0 Å². The molecule has 0 bridgehead atoms. The van der Waals surface area contributed by atoms with Crippen LogP contribution in [0.2, 0.25) is 0 Å². The van der Waals surface area contributed by atoms with Gasteiger partial charge in [-0.25, -0.2) is 0 Å². The Morgan fingerprint density at radius 1 is 1.10 bits per heavy atom. The molecule has 2 atom stereocenters. The second-order valence-electron chi connectivity index (χ2n) is 7.03. The summed E-state index contributed by atoms with van der Waals surface area (Å²) in [7, 11) is 1.26. The zero-order valence-corrected chi connectivity index (χ0v) is 16.3. The van der Waals surface area contributed by atoms with E-state index in [1.807, 2.05) is 60.7 Å². The van der Waals surface area contributed by atoms with Crippen LogP contribution in [-0.2, 0) is 19.1 Å². The van der Waals surface area contributed by atoms with Crippen molar-refractivity contribution in [2.45, 2.75) is 37.8 Å². The van der Waals surface area contributed by atoms with E-state index in [1.54, 1.807) is 0 Å². The van der Waals surface area contributed by atoms with Crippen LogP contribution in [-0.4, -0.2) is 30.5 Å². The van der Waals surface area contributed by atoms with E-state index in [0.717, 1.165) is 16.8 Å². The highest BCUT2D eigenvalue weighted by Gasteiger charge is 2.26. The number of amides is 1. The lowest BCUT2D eigenvalue weighted by Crippen LogP contribution is -2.37. The summed E-state index contributed by atoms with van der Waals surface area (Å²) in [5.74, 6) is -0.887. The summed E-state index contributed by atoms with van der Waals surface area (Å²) in [6.45, 7) is 0. The first-order valence-electron chi connectivity index (χ1n) is 9.58. The van der Waals surface area contributed by atoms with E-state index in [1.165, 1.54) is 7.11 Å². The van der Waals surface area contributed by atoms with E-state index in [9.17, 15) is 14.4 Å². The van der Waals surface area contributed by atoms with Crippen LogP contribution in [0.15, 0.2) is 65.7 Å². The van der Waals surface area contributed by atoms with E-state index < -0.39 is 12.0 Å². The van der Waals surface area contributed by atoms with Gasteiger partial charge in [-0.05, 0) is 11.1 Å². The fourth-order valence-electron chi connectivity index (χ4n) is 3.43. The predicted molar refractivity (Wildman–Crippen MR) is 109 cm³/mol. The zero-order chi connectivity index (χ0) is 20.6. The number of hydrogen-bond donors (Lipinski definition) is 1. The van der Waals surface area contributed by atoms with Gasteiger partial charge in [-0.2, -0.15) is 0 Å². The fraction of sp³-hybridized carbons (Fsp3) is 0.304. The van der Waals surface area contributed by atoms with Crippen LogP contribution in [0.5, 0.6) is 0 Å². The minimum Gasteiger partial charge on any atom is -0.469 e. The summed E-state index contributed by atoms with van der Waals surface area (Å²) in [5, 5.41) is 3.00. The maximum absolute atomic E-state index is 12.3. The van der Waals surface area contributed by atoms with Gasteiger partial charge < -0.3 is 10.1 Å². The number of carbonyl (C=O) groups excluding carboxylic acids is 3. The standard InChI is InChI=1S/C23H24N2O4/c1-29-23(28)15-19(26)14-21(17-10-6-3-7-11-17)24-18-12-20(25-22(27)13-18)16-8-4-2-5-9-16/h2-11,20-21H,12-15H2,1H3,(H,25,27)/t20-,21-/m1/s1. The van der Waals surface area contributed by atoms with Crippen molar-refractivity contribution in [1.29, 1.82) is 0 Å². The molecule has 1 fully saturated rings. The SMILES string of the molecule is COC(=O)CC(=O)C[C@@H](N=C1CC(=O)N[C@@H](c2ccccc2)C1)c1ccccc1. The Morgan fingerprint density at radius 3 is 2.41 bits per heavy atom. The molecular weight excluding hydrogens is 368 g/mol. The van der Waals surface area contributed by atoms with Gasteiger partial charge in [0.25, 0.3) is 0 Å². The Labute approximate surface area is 170 Å². The molecule has 6 heteroatoms. The second kappa shape index (κ2) is 9.78. The number of benzene rings is 2. The molecule has 2 aromatic carbocycles. The van der Waals surface area contributed by atoms with Crippen molar-refractivity contribution in [3.05, 3.63) is 71.8 Å². The summed E-state index contributed by atoms with van der Waals surface area (Å²) in [6.07, 6.45) is 0.597. The van der Waals surface area contributed by atoms with E-state index in [0.29, 0.717) is 6.42 Å². The molecule has 1 aliphatic heterocycles. The number of methoxy groups -OCH3 is 1. The van der Waals surface area contributed by atoms with Crippen LogP contribution in [0.3, 0.4) is 0 Å². The van der Waals surface area contributed by atoms with Gasteiger partial charge >= 0.3 is 5.97 Å². The summed E-state index contributed by atoms with van der Waals surface area (Å²) in [4.78, 5) is 40.8. The lowest BCUT2D eigenvalue weighted by Gasteiger charge is -2.26. The zero-order valence-electron chi connectivity index (χ0n) is 16.3. The Balaban J connectivity index is 1.83. The number of aliphatic imine (C=N–C) groups is 1. The average molecular weight is 392 g/mol. The third kappa shape index (κ3) is 5.85. The Hall–Kier alpha value is -3.28. The van der Waals surface area contributed by atoms with Crippen molar-refractivity contribution < 1.29 is 19.1 Å². The highest BCUT2D eigenvalue weighted by atomic mass is 16.5. The smallest absolute Gasteiger partial charge is 0.313 e. The van der Waals surface area contributed by atoms with Crippen LogP contribution >= 0.6 is 0 Å². The van der Waals surface area contributed by atoms with Crippen LogP contribution in [0, 0.1) is 0 Å². The highest BCUT2D eigenvalue weighted by Crippen LogP contribution is 2.27. The first-order valence-corrected chi connectivity index (χ1v) is 9.58. The number of nitrogens with zero attached hydrogens (tertiary/aromatic N) is 1. The number of esters is 1. The van der Waals surface area contributed by atoms with E-state index >= 15 is 0 Å². The molecule has 1 amide bonds. The number of rotatable bonds is 7. The monoisotopic (exact) mass is 392 g/mol. The largest absolute Gasteiger partial charge is 0.469 e. The normalized spacial score (nSPS) is 18.7. The van der Waals surface area contributed by atoms with Gasteiger partial charge in [-0.3, -0.25) is 19.4 Å². The molecule has 1 heterocycles. The molecule has 150 valence electrons. The summed E-state index contributed by atoms with van der Waals surface area (Å²) in [5.41, 5.74) is 2.65. The molecule has 0 unspecified atom stereocenters. The number of piperidine rings is 1. The van der Waals surface area contributed by atoms with Crippen LogP contribution in [0.1, 0.15) is 48.9 Å². The molecule has 1 saturated heterocycles. The molecule has 3 rings (SSSR count). The summed E-state index contributed by atoms with van der Waals surface area (Å²) < 4.78 is 4.59. The highest BCUT2D eigenvalue weighted by molar-refractivity contribution is 6.04. The molecule has 1 aliphatic rings. The van der Waals surface area contributed by atoms with E-state index in [2.05, 4.69) is 10.1 Å². The minimum absolute atomic E-state index is 0.0836. The number of carbonyl (C=O) groups is 3. The van der Waals surface area contributed by atoms with Crippen molar-refractivity contribution in [2.24, 2.45) is 4.99 Å². The molecule has 0 saturated carbocycles. The lowest BCUT2D eigenvalue weighted by atomic mass is 9.94.